The lowest BCUT2D eigenvalue weighted by Crippen LogP contribution is -2.38. The van der Waals surface area contributed by atoms with E-state index in [1.807, 2.05) is 0 Å². The number of esters is 1. The summed E-state index contributed by atoms with van der Waals surface area (Å²) in [7, 11) is 2.92. The second kappa shape index (κ2) is 6.70. The summed E-state index contributed by atoms with van der Waals surface area (Å²) < 4.78 is 23.7. The molecule has 1 saturated heterocycles. The van der Waals surface area contributed by atoms with Crippen LogP contribution in [0.25, 0.3) is 0 Å². The summed E-state index contributed by atoms with van der Waals surface area (Å²) in [5.41, 5.74) is 0.622. The van der Waals surface area contributed by atoms with E-state index in [0.29, 0.717) is 24.4 Å². The first-order valence-corrected chi connectivity index (χ1v) is 6.76. The second-order valence-electron chi connectivity index (χ2n) is 5.05. The van der Waals surface area contributed by atoms with Crippen LogP contribution in [0.2, 0.25) is 0 Å². The van der Waals surface area contributed by atoms with E-state index in [1.165, 1.54) is 20.3 Å². The maximum Gasteiger partial charge on any atom is 0.309 e. The van der Waals surface area contributed by atoms with Crippen molar-refractivity contribution < 1.29 is 18.7 Å². The summed E-state index contributed by atoms with van der Waals surface area (Å²) >= 11 is 0. The Labute approximate surface area is 118 Å². The van der Waals surface area contributed by atoms with Gasteiger partial charge in [0, 0.05) is 24.7 Å². The van der Waals surface area contributed by atoms with Crippen molar-refractivity contribution >= 4 is 5.97 Å². The molecular formula is C15H20FNO3. The lowest BCUT2D eigenvalue weighted by Gasteiger charge is -2.31. The maximum atomic E-state index is 13.9. The van der Waals surface area contributed by atoms with Crippen LogP contribution in [-0.4, -0.2) is 38.2 Å². The smallest absolute Gasteiger partial charge is 0.309 e. The molecule has 4 nitrogen and oxygen atoms in total. The Morgan fingerprint density at radius 3 is 2.90 bits per heavy atom. The first-order chi connectivity index (χ1) is 9.63. The molecule has 1 aliphatic rings. The van der Waals surface area contributed by atoms with Crippen LogP contribution in [0.4, 0.5) is 4.39 Å². The lowest BCUT2D eigenvalue weighted by molar-refractivity contribution is -0.147. The highest BCUT2D eigenvalue weighted by atomic mass is 19.1. The monoisotopic (exact) mass is 281 g/mol. The van der Waals surface area contributed by atoms with Crippen molar-refractivity contribution in [3.8, 4) is 5.75 Å². The zero-order valence-corrected chi connectivity index (χ0v) is 11.9. The van der Waals surface area contributed by atoms with E-state index in [9.17, 15) is 9.18 Å². The summed E-state index contributed by atoms with van der Waals surface area (Å²) in [5.74, 6) is -0.0400. The van der Waals surface area contributed by atoms with Gasteiger partial charge < -0.3 is 9.47 Å². The van der Waals surface area contributed by atoms with Gasteiger partial charge in [-0.15, -0.1) is 0 Å². The Bertz CT molecular complexity index is 478. The minimum atomic E-state index is -0.274. The molecule has 1 aromatic rings. The molecule has 0 radical (unpaired) electrons. The number of piperidine rings is 1. The van der Waals surface area contributed by atoms with Crippen molar-refractivity contribution in [2.75, 3.05) is 27.3 Å². The van der Waals surface area contributed by atoms with E-state index in [4.69, 9.17) is 9.47 Å². The van der Waals surface area contributed by atoms with E-state index in [-0.39, 0.29) is 17.7 Å². The van der Waals surface area contributed by atoms with Crippen LogP contribution in [-0.2, 0) is 16.1 Å². The number of carbonyl (C=O) groups excluding carboxylic acids is 1. The average Bonchev–Trinajstić information content (AvgIpc) is 2.48. The van der Waals surface area contributed by atoms with Crippen molar-refractivity contribution in [2.24, 2.45) is 5.92 Å². The largest absolute Gasteiger partial charge is 0.497 e. The van der Waals surface area contributed by atoms with Crippen LogP contribution >= 0.6 is 0 Å². The molecule has 1 fully saturated rings. The van der Waals surface area contributed by atoms with Crippen molar-refractivity contribution in [2.45, 2.75) is 19.4 Å². The molecule has 5 heteroatoms. The first-order valence-electron chi connectivity index (χ1n) is 6.76. The minimum absolute atomic E-state index is 0.102. The number of methoxy groups -OCH3 is 2. The van der Waals surface area contributed by atoms with Crippen molar-refractivity contribution in [1.82, 2.24) is 4.90 Å². The maximum absolute atomic E-state index is 13.9. The first kappa shape index (κ1) is 14.8. The number of hydrogen-bond acceptors (Lipinski definition) is 4. The molecule has 0 spiro atoms. The molecule has 0 saturated carbocycles. The number of halogens is 1. The summed E-state index contributed by atoms with van der Waals surface area (Å²) in [5, 5.41) is 0. The SMILES string of the molecule is COC(=O)C1CCCN(Cc2ccc(OC)cc2F)C1. The molecular weight excluding hydrogens is 261 g/mol. The average molecular weight is 281 g/mol. The standard InChI is InChI=1S/C15H20FNO3/c1-19-13-6-5-11(14(16)8-13)9-17-7-3-4-12(10-17)15(18)20-2/h5-6,8,12H,3-4,7,9-10H2,1-2H3. The molecule has 0 aliphatic carbocycles. The third-order valence-electron chi connectivity index (χ3n) is 3.69. The van der Waals surface area contributed by atoms with Crippen LogP contribution in [0.15, 0.2) is 18.2 Å². The van der Waals surface area contributed by atoms with Gasteiger partial charge in [0.25, 0.3) is 0 Å². The number of ether oxygens (including phenoxy) is 2. The lowest BCUT2D eigenvalue weighted by atomic mass is 9.97. The van der Waals surface area contributed by atoms with Crippen LogP contribution < -0.4 is 4.74 Å². The third-order valence-corrected chi connectivity index (χ3v) is 3.69. The van der Waals surface area contributed by atoms with Gasteiger partial charge in [0.15, 0.2) is 0 Å². The fourth-order valence-electron chi connectivity index (χ4n) is 2.58. The normalized spacial score (nSPS) is 19.6. The highest BCUT2D eigenvalue weighted by Crippen LogP contribution is 2.22. The highest BCUT2D eigenvalue weighted by Gasteiger charge is 2.26. The molecule has 0 bridgehead atoms. The number of carbonyl (C=O) groups is 1. The van der Waals surface area contributed by atoms with E-state index in [1.54, 1.807) is 12.1 Å². The van der Waals surface area contributed by atoms with Gasteiger partial charge in [-0.1, -0.05) is 6.07 Å². The molecule has 1 atom stereocenters. The fraction of sp³-hybridized carbons (Fsp3) is 0.533. The highest BCUT2D eigenvalue weighted by molar-refractivity contribution is 5.72. The van der Waals surface area contributed by atoms with Gasteiger partial charge in [0.2, 0.25) is 0 Å². The van der Waals surface area contributed by atoms with E-state index >= 15 is 0 Å². The van der Waals surface area contributed by atoms with Crippen LogP contribution in [0.3, 0.4) is 0 Å². The predicted molar refractivity (Wildman–Crippen MR) is 73.0 cm³/mol. The van der Waals surface area contributed by atoms with E-state index < -0.39 is 0 Å². The molecule has 1 aliphatic heterocycles. The number of hydrogen-bond donors (Lipinski definition) is 0. The molecule has 20 heavy (non-hydrogen) atoms. The molecule has 1 heterocycles. The van der Waals surface area contributed by atoms with Gasteiger partial charge in [0.1, 0.15) is 11.6 Å². The number of benzene rings is 1. The third kappa shape index (κ3) is 3.48. The molecule has 1 aromatic carbocycles. The van der Waals surface area contributed by atoms with Crippen molar-refractivity contribution in [3.63, 3.8) is 0 Å². The Hall–Kier alpha value is -1.62. The molecule has 0 amide bonds. The van der Waals surface area contributed by atoms with Gasteiger partial charge in [-0.05, 0) is 25.5 Å². The fourth-order valence-corrected chi connectivity index (χ4v) is 2.58. The zero-order chi connectivity index (χ0) is 14.5. The molecule has 2 rings (SSSR count). The Morgan fingerprint density at radius 2 is 2.25 bits per heavy atom. The summed E-state index contributed by atoms with van der Waals surface area (Å²) in [6, 6.07) is 4.87. The molecule has 0 N–H and O–H groups in total. The van der Waals surface area contributed by atoms with Crippen molar-refractivity contribution in [3.05, 3.63) is 29.6 Å². The zero-order valence-electron chi connectivity index (χ0n) is 11.9. The van der Waals surface area contributed by atoms with Gasteiger partial charge in [-0.25, -0.2) is 4.39 Å². The quantitative estimate of drug-likeness (QED) is 0.793. The topological polar surface area (TPSA) is 38.8 Å². The molecule has 0 aromatic heterocycles. The predicted octanol–water partition coefficient (Wildman–Crippen LogP) is 2.22. The van der Waals surface area contributed by atoms with Gasteiger partial charge in [-0.2, -0.15) is 0 Å². The summed E-state index contributed by atoms with van der Waals surface area (Å²) in [6.07, 6.45) is 1.77. The van der Waals surface area contributed by atoms with Gasteiger partial charge >= 0.3 is 5.97 Å². The van der Waals surface area contributed by atoms with E-state index in [2.05, 4.69) is 4.90 Å². The Balaban J connectivity index is 2.00. The molecule has 1 unspecified atom stereocenters. The van der Waals surface area contributed by atoms with Gasteiger partial charge in [0.05, 0.1) is 20.1 Å². The minimum Gasteiger partial charge on any atom is -0.497 e. The Kier molecular flexibility index (Phi) is 4.95. The van der Waals surface area contributed by atoms with Crippen LogP contribution in [0.5, 0.6) is 5.75 Å². The summed E-state index contributed by atoms with van der Waals surface area (Å²) in [4.78, 5) is 13.7. The number of likely N-dealkylation sites (tertiary alicyclic amines) is 1. The molecule has 110 valence electrons. The summed E-state index contributed by atoms with van der Waals surface area (Å²) in [6.45, 7) is 2.00. The van der Waals surface area contributed by atoms with E-state index in [0.717, 1.165) is 19.4 Å². The van der Waals surface area contributed by atoms with Gasteiger partial charge in [-0.3, -0.25) is 9.69 Å². The Morgan fingerprint density at radius 1 is 1.45 bits per heavy atom. The number of rotatable bonds is 4. The van der Waals surface area contributed by atoms with Crippen LogP contribution in [0, 0.1) is 11.7 Å². The van der Waals surface area contributed by atoms with Crippen LogP contribution in [0.1, 0.15) is 18.4 Å². The number of nitrogens with zero attached hydrogens (tertiary/aromatic N) is 1. The second-order valence-corrected chi connectivity index (χ2v) is 5.05. The van der Waals surface area contributed by atoms with Crippen molar-refractivity contribution in [1.29, 1.82) is 0 Å².